The minimum absolute atomic E-state index is 0.0357. The van der Waals surface area contributed by atoms with Gasteiger partial charge in [0.05, 0.1) is 31.9 Å². The minimum atomic E-state index is -0.916. The number of hydrogen-bond donors (Lipinski definition) is 2. The first-order valence-electron chi connectivity index (χ1n) is 19.2. The number of rotatable bonds is 22. The number of amides is 2. The molecule has 2 heterocycles. The molecule has 2 fully saturated rings. The lowest BCUT2D eigenvalue weighted by atomic mass is 9.87. The molecule has 11 heteroatoms. The fourth-order valence-electron chi connectivity index (χ4n) is 6.99. The van der Waals surface area contributed by atoms with E-state index in [9.17, 15) is 29.2 Å². The fraction of sp³-hybridized carbons (Fsp3) is 0.595. The molecule has 0 aromatic heterocycles. The summed E-state index contributed by atoms with van der Waals surface area (Å²) in [4.78, 5) is 69.0. The Hall–Kier alpha value is -3.77. The Kier molecular flexibility index (Phi) is 15.5. The maximum atomic E-state index is 14.2. The number of nitrogens with one attached hydrogen (secondary N) is 2. The highest BCUT2D eigenvalue weighted by Gasteiger charge is 2.50. The average molecular weight is 734 g/mol. The van der Waals surface area contributed by atoms with Crippen molar-refractivity contribution in [1.29, 1.82) is 0 Å². The van der Waals surface area contributed by atoms with Gasteiger partial charge in [-0.05, 0) is 62.0 Å². The zero-order chi connectivity index (χ0) is 38.6. The molecule has 5 atom stereocenters. The van der Waals surface area contributed by atoms with E-state index >= 15 is 0 Å². The summed E-state index contributed by atoms with van der Waals surface area (Å²) in [6.45, 7) is 10.6. The van der Waals surface area contributed by atoms with Crippen LogP contribution in [0, 0.1) is 28.9 Å². The predicted octanol–water partition coefficient (Wildman–Crippen LogP) is 4.78. The number of benzene rings is 2. The van der Waals surface area contributed by atoms with Crippen LogP contribution in [0.25, 0.3) is 0 Å². The summed E-state index contributed by atoms with van der Waals surface area (Å²) in [5.74, 6) is -2.97. The van der Waals surface area contributed by atoms with E-state index in [1.54, 1.807) is 6.92 Å². The van der Waals surface area contributed by atoms with Crippen LogP contribution in [0.2, 0.25) is 0 Å². The van der Waals surface area contributed by atoms with Crippen molar-refractivity contribution in [3.8, 4) is 0 Å². The number of morpholine rings is 1. The Morgan fingerprint density at radius 1 is 0.774 bits per heavy atom. The number of carbonyl (C=O) groups excluding carboxylic acids is 5. The standard InChI is InChI=1S/C42H59N3O8/c1-29(2)22-36(43-40(49)33(17-16-31-12-8-6-9-13-31)25-35(46)27-45(51)18-20-52-21-19-45)38(47)26-34(24-32-14-10-7-11-15-32)41(50)44-37(23-30(3)4)39(48)42(5)28-53-42/h6-15,29-30,33-34,36-37H,16-28H2,1-5H3,(H,43,49)(H,44,50)/t33-,34-,36+,37+,42-/m1/s1. The molecule has 2 aromatic carbocycles. The molecule has 4 rings (SSSR count). The van der Waals surface area contributed by atoms with Gasteiger partial charge >= 0.3 is 0 Å². The van der Waals surface area contributed by atoms with Crippen molar-refractivity contribution in [1.82, 2.24) is 10.6 Å². The lowest BCUT2D eigenvalue weighted by Crippen LogP contribution is -2.53. The van der Waals surface area contributed by atoms with Crippen LogP contribution in [0.15, 0.2) is 60.7 Å². The summed E-state index contributed by atoms with van der Waals surface area (Å²) in [6, 6.07) is 17.4. The second-order valence-electron chi connectivity index (χ2n) is 16.1. The molecule has 2 aromatic rings. The first-order valence-corrected chi connectivity index (χ1v) is 19.2. The normalized spacial score (nSPS) is 20.2. The number of hydrogen-bond acceptors (Lipinski definition) is 8. The van der Waals surface area contributed by atoms with Gasteiger partial charge < -0.3 is 30.0 Å². The van der Waals surface area contributed by atoms with Crippen molar-refractivity contribution < 1.29 is 38.1 Å². The second-order valence-corrected chi connectivity index (χ2v) is 16.1. The Bertz CT molecular complexity index is 1520. The Balaban J connectivity index is 1.52. The molecule has 2 amide bonds. The topological polar surface area (TPSA) is 154 Å². The van der Waals surface area contributed by atoms with Gasteiger partial charge in [0.25, 0.3) is 0 Å². The Labute approximate surface area is 314 Å². The third-order valence-corrected chi connectivity index (χ3v) is 10.2. The van der Waals surface area contributed by atoms with Crippen LogP contribution in [0.1, 0.15) is 77.8 Å². The number of carbonyl (C=O) groups is 5. The van der Waals surface area contributed by atoms with Crippen LogP contribution in [-0.2, 0) is 46.3 Å². The smallest absolute Gasteiger partial charge is 0.224 e. The largest absolute Gasteiger partial charge is 0.632 e. The molecule has 2 N–H and O–H groups in total. The number of hydroxylamine groups is 3. The van der Waals surface area contributed by atoms with Crippen molar-refractivity contribution >= 4 is 29.2 Å². The molecule has 2 aliphatic rings. The Morgan fingerprint density at radius 3 is 1.87 bits per heavy atom. The second kappa shape index (κ2) is 19.5. The SMILES string of the molecule is CC(C)C[C@H](NC(=O)[C@H](CCc1ccccc1)CC(=O)C[N+]1([O-])CCOCC1)C(=O)C[C@@H](Cc1ccccc1)C(=O)N[C@@H](CC(C)C)C(=O)[C@@]1(C)CO1. The molecule has 0 radical (unpaired) electrons. The van der Waals surface area contributed by atoms with Crippen LogP contribution in [0.3, 0.4) is 0 Å². The van der Waals surface area contributed by atoms with E-state index in [-0.39, 0.29) is 68.1 Å². The minimum Gasteiger partial charge on any atom is -0.632 e. The summed E-state index contributed by atoms with van der Waals surface area (Å²) in [7, 11) is 0. The summed E-state index contributed by atoms with van der Waals surface area (Å²) >= 11 is 0. The molecule has 11 nitrogen and oxygen atoms in total. The van der Waals surface area contributed by atoms with Crippen LogP contribution in [-0.4, -0.2) is 91.0 Å². The lowest BCUT2D eigenvalue weighted by molar-refractivity contribution is -0.880. The maximum Gasteiger partial charge on any atom is 0.224 e. The molecule has 53 heavy (non-hydrogen) atoms. The zero-order valence-corrected chi connectivity index (χ0v) is 32.1. The van der Waals surface area contributed by atoms with Gasteiger partial charge in [0.2, 0.25) is 11.8 Å². The number of ketones is 3. The summed E-state index contributed by atoms with van der Waals surface area (Å²) < 4.78 is 10.1. The van der Waals surface area contributed by atoms with E-state index < -0.39 is 46.0 Å². The van der Waals surface area contributed by atoms with Gasteiger partial charge in [-0.2, -0.15) is 0 Å². The van der Waals surface area contributed by atoms with E-state index in [1.165, 1.54) is 0 Å². The predicted molar refractivity (Wildman–Crippen MR) is 202 cm³/mol. The highest BCUT2D eigenvalue weighted by atomic mass is 16.6. The highest BCUT2D eigenvalue weighted by molar-refractivity contribution is 5.98. The van der Waals surface area contributed by atoms with E-state index in [0.29, 0.717) is 45.5 Å². The van der Waals surface area contributed by atoms with Crippen molar-refractivity contribution in [2.75, 3.05) is 39.5 Å². The maximum absolute atomic E-state index is 14.2. The first kappa shape index (κ1) is 42.0. The van der Waals surface area contributed by atoms with E-state index in [1.807, 2.05) is 88.4 Å². The molecule has 0 aliphatic carbocycles. The Morgan fingerprint density at radius 2 is 1.30 bits per heavy atom. The van der Waals surface area contributed by atoms with Gasteiger partial charge in [-0.1, -0.05) is 88.4 Å². The molecule has 0 saturated carbocycles. The molecule has 0 spiro atoms. The molecule has 0 bridgehead atoms. The van der Waals surface area contributed by atoms with Gasteiger partial charge in [-0.3, -0.25) is 24.0 Å². The quantitative estimate of drug-likeness (QED) is 0.0997. The van der Waals surface area contributed by atoms with Crippen molar-refractivity contribution in [2.45, 2.75) is 97.2 Å². The first-order chi connectivity index (χ1) is 25.2. The summed E-state index contributed by atoms with van der Waals surface area (Å²) in [5.41, 5.74) is 0.966. The molecule has 0 unspecified atom stereocenters. The van der Waals surface area contributed by atoms with Crippen LogP contribution >= 0.6 is 0 Å². The molecular weight excluding hydrogens is 674 g/mol. The highest BCUT2D eigenvalue weighted by Crippen LogP contribution is 2.30. The average Bonchev–Trinajstić information content (AvgIpc) is 3.87. The third-order valence-electron chi connectivity index (χ3n) is 10.2. The number of Topliss-reactive ketones (excluding diaryl/α,β-unsaturated/α-hetero) is 3. The molecule has 2 saturated heterocycles. The van der Waals surface area contributed by atoms with Crippen LogP contribution < -0.4 is 10.6 Å². The molecular formula is C42H59N3O8. The molecule has 290 valence electrons. The number of aryl methyl sites for hydroxylation is 1. The van der Waals surface area contributed by atoms with E-state index in [0.717, 1.165) is 11.1 Å². The van der Waals surface area contributed by atoms with E-state index in [2.05, 4.69) is 10.6 Å². The van der Waals surface area contributed by atoms with Crippen molar-refractivity contribution in [2.24, 2.45) is 23.7 Å². The van der Waals surface area contributed by atoms with Gasteiger partial charge in [0, 0.05) is 24.7 Å². The van der Waals surface area contributed by atoms with Gasteiger partial charge in [-0.25, -0.2) is 0 Å². The van der Waals surface area contributed by atoms with Gasteiger partial charge in [0.1, 0.15) is 25.2 Å². The fourth-order valence-corrected chi connectivity index (χ4v) is 6.99. The lowest BCUT2D eigenvalue weighted by Gasteiger charge is -2.44. The monoisotopic (exact) mass is 733 g/mol. The number of quaternary nitrogens is 1. The summed E-state index contributed by atoms with van der Waals surface area (Å²) in [5, 5.41) is 19.1. The van der Waals surface area contributed by atoms with E-state index in [4.69, 9.17) is 9.47 Å². The van der Waals surface area contributed by atoms with Crippen molar-refractivity contribution in [3.05, 3.63) is 77.0 Å². The third kappa shape index (κ3) is 13.5. The molecule has 2 aliphatic heterocycles. The van der Waals surface area contributed by atoms with Gasteiger partial charge in [0.15, 0.2) is 17.3 Å². The zero-order valence-electron chi connectivity index (χ0n) is 32.1. The number of ether oxygens (including phenoxy) is 2. The van der Waals surface area contributed by atoms with Crippen LogP contribution in [0.5, 0.6) is 0 Å². The number of epoxide rings is 1. The van der Waals surface area contributed by atoms with Gasteiger partial charge in [-0.15, -0.1) is 0 Å². The van der Waals surface area contributed by atoms with Crippen LogP contribution in [0.4, 0.5) is 0 Å². The van der Waals surface area contributed by atoms with Crippen molar-refractivity contribution in [3.63, 3.8) is 0 Å². The number of nitrogens with zero attached hydrogens (tertiary/aromatic N) is 1. The summed E-state index contributed by atoms with van der Waals surface area (Å²) in [6.07, 6.45) is 1.68.